The molecule has 0 bridgehead atoms. The minimum absolute atomic E-state index is 0.0812. The Morgan fingerprint density at radius 3 is 2.75 bits per heavy atom. The van der Waals surface area contributed by atoms with Crippen molar-refractivity contribution in [3.8, 4) is 0 Å². The van der Waals surface area contributed by atoms with Crippen molar-refractivity contribution < 1.29 is 4.79 Å². The smallest absolute Gasteiger partial charge is 0.228 e. The molecule has 20 heavy (non-hydrogen) atoms. The first-order valence-electron chi connectivity index (χ1n) is 6.52. The van der Waals surface area contributed by atoms with Crippen LogP contribution in [0, 0.1) is 6.92 Å². The van der Waals surface area contributed by atoms with Crippen LogP contribution in [-0.2, 0) is 17.8 Å². The lowest BCUT2D eigenvalue weighted by Crippen LogP contribution is -2.31. The zero-order valence-corrected chi connectivity index (χ0v) is 13.2. The number of thiazole rings is 1. The number of nitrogens with zero attached hydrogens (tertiary/aromatic N) is 2. The van der Waals surface area contributed by atoms with Gasteiger partial charge in [0.2, 0.25) is 5.91 Å². The molecule has 2 aromatic rings. The maximum Gasteiger partial charge on any atom is 0.228 e. The van der Waals surface area contributed by atoms with Gasteiger partial charge < -0.3 is 4.90 Å². The Morgan fingerprint density at radius 1 is 1.40 bits per heavy atom. The first kappa shape index (κ1) is 15.0. The fraction of sp³-hybridized carbons (Fsp3) is 0.333. The Bertz CT molecular complexity index is 597. The van der Waals surface area contributed by atoms with E-state index in [1.54, 1.807) is 16.2 Å². The third-order valence-electron chi connectivity index (χ3n) is 3.05. The van der Waals surface area contributed by atoms with Gasteiger partial charge in [-0.3, -0.25) is 4.79 Å². The summed E-state index contributed by atoms with van der Waals surface area (Å²) in [6.45, 7) is 5.12. The molecule has 1 aromatic heterocycles. The predicted octanol–water partition coefficient (Wildman–Crippen LogP) is 3.70. The lowest BCUT2D eigenvalue weighted by atomic mass is 10.2. The summed E-state index contributed by atoms with van der Waals surface area (Å²) in [6, 6.07) is 7.62. The van der Waals surface area contributed by atoms with Crippen LogP contribution in [0.1, 0.15) is 23.2 Å². The molecule has 0 radical (unpaired) electrons. The first-order valence-corrected chi connectivity index (χ1v) is 7.78. The first-order chi connectivity index (χ1) is 9.60. The summed E-state index contributed by atoms with van der Waals surface area (Å²) in [6.07, 6.45) is 0.350. The number of likely N-dealkylation sites (N-methyl/N-ethyl adjacent to an activating group) is 1. The van der Waals surface area contributed by atoms with Crippen molar-refractivity contribution in [1.29, 1.82) is 0 Å². The average molecular weight is 309 g/mol. The molecule has 0 atom stereocenters. The normalized spacial score (nSPS) is 10.6. The Morgan fingerprint density at radius 2 is 2.15 bits per heavy atom. The van der Waals surface area contributed by atoms with Crippen LogP contribution < -0.4 is 0 Å². The van der Waals surface area contributed by atoms with Crippen molar-refractivity contribution in [2.75, 3.05) is 6.54 Å². The van der Waals surface area contributed by atoms with Crippen LogP contribution in [0.3, 0.4) is 0 Å². The molecule has 1 heterocycles. The number of benzene rings is 1. The third-order valence-corrected chi connectivity index (χ3v) is 4.24. The Balaban J connectivity index is 2.04. The molecule has 0 N–H and O–H groups in total. The molecule has 1 amide bonds. The van der Waals surface area contributed by atoms with E-state index in [2.05, 4.69) is 4.98 Å². The molecule has 0 saturated heterocycles. The number of amides is 1. The highest BCUT2D eigenvalue weighted by atomic mass is 35.5. The fourth-order valence-corrected chi connectivity index (χ4v) is 2.77. The Kier molecular flexibility index (Phi) is 5.15. The molecule has 0 fully saturated rings. The zero-order valence-electron chi connectivity index (χ0n) is 11.6. The van der Waals surface area contributed by atoms with Crippen LogP contribution in [-0.4, -0.2) is 22.3 Å². The van der Waals surface area contributed by atoms with Gasteiger partial charge in [0.15, 0.2) is 0 Å². The van der Waals surface area contributed by atoms with E-state index in [0.717, 1.165) is 16.3 Å². The molecule has 106 valence electrons. The molecule has 5 heteroatoms. The quantitative estimate of drug-likeness (QED) is 0.844. The number of hydrogen-bond donors (Lipinski definition) is 0. The summed E-state index contributed by atoms with van der Waals surface area (Å²) >= 11 is 7.71. The highest BCUT2D eigenvalue weighted by Gasteiger charge is 2.15. The molecular weight excluding hydrogens is 292 g/mol. The topological polar surface area (TPSA) is 33.2 Å². The van der Waals surface area contributed by atoms with Crippen molar-refractivity contribution >= 4 is 28.8 Å². The molecule has 0 unspecified atom stereocenters. The van der Waals surface area contributed by atoms with Gasteiger partial charge in [0, 0.05) is 23.5 Å². The van der Waals surface area contributed by atoms with Crippen molar-refractivity contribution in [2.24, 2.45) is 0 Å². The monoisotopic (exact) mass is 308 g/mol. The summed E-state index contributed by atoms with van der Waals surface area (Å²) in [7, 11) is 0. The predicted molar refractivity (Wildman–Crippen MR) is 83.1 cm³/mol. The molecule has 0 aliphatic heterocycles. The van der Waals surface area contributed by atoms with E-state index < -0.39 is 0 Å². The highest BCUT2D eigenvalue weighted by Crippen LogP contribution is 2.18. The van der Waals surface area contributed by atoms with Gasteiger partial charge in [-0.05, 0) is 25.5 Å². The molecule has 0 saturated carbocycles. The van der Waals surface area contributed by atoms with Crippen LogP contribution in [0.2, 0.25) is 5.02 Å². The van der Waals surface area contributed by atoms with Crippen molar-refractivity contribution in [2.45, 2.75) is 26.8 Å². The van der Waals surface area contributed by atoms with E-state index in [1.807, 2.05) is 43.5 Å². The molecule has 0 spiro atoms. The number of hydrogen-bond acceptors (Lipinski definition) is 3. The van der Waals surface area contributed by atoms with Gasteiger partial charge in [-0.25, -0.2) is 4.98 Å². The maximum absolute atomic E-state index is 12.3. The van der Waals surface area contributed by atoms with Crippen LogP contribution in [0.4, 0.5) is 0 Å². The Labute approximate surface area is 128 Å². The van der Waals surface area contributed by atoms with E-state index in [4.69, 9.17) is 11.6 Å². The number of carbonyl (C=O) groups excluding carboxylic acids is 1. The molecule has 0 aliphatic rings. The number of rotatable bonds is 5. The van der Waals surface area contributed by atoms with E-state index in [9.17, 15) is 4.79 Å². The Hall–Kier alpha value is -1.39. The lowest BCUT2D eigenvalue weighted by molar-refractivity contribution is -0.130. The fourth-order valence-electron chi connectivity index (χ4n) is 1.96. The van der Waals surface area contributed by atoms with Crippen LogP contribution in [0.25, 0.3) is 0 Å². The third kappa shape index (κ3) is 3.81. The average Bonchev–Trinajstić information content (AvgIpc) is 2.83. The van der Waals surface area contributed by atoms with Gasteiger partial charge in [-0.2, -0.15) is 0 Å². The van der Waals surface area contributed by atoms with Gasteiger partial charge >= 0.3 is 0 Å². The van der Waals surface area contributed by atoms with Gasteiger partial charge in [-0.15, -0.1) is 11.3 Å². The summed E-state index contributed by atoms with van der Waals surface area (Å²) < 4.78 is 0. The second kappa shape index (κ2) is 6.86. The van der Waals surface area contributed by atoms with Crippen LogP contribution in [0.5, 0.6) is 0 Å². The SMILES string of the molecule is CCN(Cc1ccccc1Cl)C(=O)Cc1csc(C)n1. The highest BCUT2D eigenvalue weighted by molar-refractivity contribution is 7.09. The van der Waals surface area contributed by atoms with Gasteiger partial charge in [0.1, 0.15) is 0 Å². The van der Waals surface area contributed by atoms with Gasteiger partial charge in [0.05, 0.1) is 17.1 Å². The van der Waals surface area contributed by atoms with Gasteiger partial charge in [0.25, 0.3) is 0 Å². The molecule has 0 aliphatic carbocycles. The zero-order chi connectivity index (χ0) is 14.5. The van der Waals surface area contributed by atoms with Crippen LogP contribution >= 0.6 is 22.9 Å². The maximum atomic E-state index is 12.3. The van der Waals surface area contributed by atoms with Crippen molar-refractivity contribution in [3.05, 3.63) is 50.9 Å². The van der Waals surface area contributed by atoms with E-state index in [1.165, 1.54) is 0 Å². The van der Waals surface area contributed by atoms with Crippen molar-refractivity contribution in [1.82, 2.24) is 9.88 Å². The molecular formula is C15H17ClN2OS. The summed E-state index contributed by atoms with van der Waals surface area (Å²) in [4.78, 5) is 18.5. The second-order valence-electron chi connectivity index (χ2n) is 4.53. The summed E-state index contributed by atoms with van der Waals surface area (Å²) in [5.41, 5.74) is 1.81. The number of aryl methyl sites for hydroxylation is 1. The minimum atomic E-state index is 0.0812. The molecule has 3 nitrogen and oxygen atoms in total. The number of carbonyl (C=O) groups is 1. The lowest BCUT2D eigenvalue weighted by Gasteiger charge is -2.21. The van der Waals surface area contributed by atoms with Crippen LogP contribution in [0.15, 0.2) is 29.6 Å². The molecule has 1 aromatic carbocycles. The number of halogens is 1. The van der Waals surface area contributed by atoms with Gasteiger partial charge in [-0.1, -0.05) is 29.8 Å². The minimum Gasteiger partial charge on any atom is -0.338 e. The standard InChI is InChI=1S/C15H17ClN2OS/c1-3-18(9-12-6-4-5-7-14(12)16)15(19)8-13-10-20-11(2)17-13/h4-7,10H,3,8-9H2,1-2H3. The van der Waals surface area contributed by atoms with E-state index >= 15 is 0 Å². The second-order valence-corrected chi connectivity index (χ2v) is 6.00. The molecule has 2 rings (SSSR count). The largest absolute Gasteiger partial charge is 0.338 e. The summed E-state index contributed by atoms with van der Waals surface area (Å²) in [5.74, 6) is 0.0812. The van der Waals surface area contributed by atoms with Crippen molar-refractivity contribution in [3.63, 3.8) is 0 Å². The van der Waals surface area contributed by atoms with E-state index in [0.29, 0.717) is 24.5 Å². The number of aromatic nitrogens is 1. The summed E-state index contributed by atoms with van der Waals surface area (Å²) in [5, 5.41) is 3.63. The van der Waals surface area contributed by atoms with E-state index in [-0.39, 0.29) is 5.91 Å².